The van der Waals surface area contributed by atoms with E-state index in [9.17, 15) is 4.79 Å². The minimum Gasteiger partial charge on any atom is -0.303 e. The predicted molar refractivity (Wildman–Crippen MR) is 58.2 cm³/mol. The van der Waals surface area contributed by atoms with Crippen molar-refractivity contribution in [3.8, 4) is 0 Å². The molecule has 0 amide bonds. The predicted octanol–water partition coefficient (Wildman–Crippen LogP) is 3.80. The van der Waals surface area contributed by atoms with E-state index in [2.05, 4.69) is 15.9 Å². The van der Waals surface area contributed by atoms with Gasteiger partial charge in [0.15, 0.2) is 0 Å². The zero-order chi connectivity index (χ0) is 9.84. The number of carbonyl (C=O) groups is 1. The molecule has 0 aromatic heterocycles. The normalized spacial score (nSPS) is 12.5. The first-order valence-corrected chi connectivity index (χ1v) is 5.21. The van der Waals surface area contributed by atoms with Crippen LogP contribution in [0.4, 0.5) is 0 Å². The Hall–Kier alpha value is -0.340. The molecule has 1 unspecified atom stereocenters. The lowest BCUT2D eigenvalue weighted by Crippen LogP contribution is -1.95. The molecule has 0 aliphatic heterocycles. The van der Waals surface area contributed by atoms with Crippen molar-refractivity contribution in [1.29, 1.82) is 0 Å². The van der Waals surface area contributed by atoms with Gasteiger partial charge in [-0.15, -0.1) is 0 Å². The van der Waals surface area contributed by atoms with Gasteiger partial charge in [-0.3, -0.25) is 0 Å². The molecule has 0 radical (unpaired) electrons. The molecular weight excluding hydrogens is 251 g/mol. The Bertz CT molecular complexity index is 312. The Morgan fingerprint density at radius 1 is 1.62 bits per heavy atom. The molecule has 3 heteroatoms. The largest absolute Gasteiger partial charge is 0.303 e. The molecule has 0 spiro atoms. The van der Waals surface area contributed by atoms with Crippen molar-refractivity contribution in [3.05, 3.63) is 33.3 Å². The molecule has 1 nitrogen and oxygen atoms in total. The maximum absolute atomic E-state index is 10.3. The fourth-order valence-corrected chi connectivity index (χ4v) is 1.98. The topological polar surface area (TPSA) is 17.1 Å². The highest BCUT2D eigenvalue weighted by molar-refractivity contribution is 9.10. The van der Waals surface area contributed by atoms with Crippen LogP contribution in [0.5, 0.6) is 0 Å². The van der Waals surface area contributed by atoms with Gasteiger partial charge in [-0.05, 0) is 29.7 Å². The van der Waals surface area contributed by atoms with Crippen molar-refractivity contribution in [2.45, 2.75) is 19.3 Å². The number of hydrogen-bond donors (Lipinski definition) is 0. The first-order valence-electron chi connectivity index (χ1n) is 4.03. The molecule has 0 bridgehead atoms. The third-order valence-electron chi connectivity index (χ3n) is 1.94. The van der Waals surface area contributed by atoms with Crippen molar-refractivity contribution in [2.75, 3.05) is 0 Å². The molecule has 0 N–H and O–H groups in total. The van der Waals surface area contributed by atoms with Crippen LogP contribution in [0.2, 0.25) is 5.02 Å². The maximum atomic E-state index is 10.3. The minimum absolute atomic E-state index is 0.213. The van der Waals surface area contributed by atoms with Crippen LogP contribution in [0, 0.1) is 0 Å². The number of aldehydes is 1. The van der Waals surface area contributed by atoms with Crippen LogP contribution in [0.1, 0.15) is 24.8 Å². The molecule has 1 aromatic rings. The van der Waals surface area contributed by atoms with Gasteiger partial charge in [-0.1, -0.05) is 34.5 Å². The highest BCUT2D eigenvalue weighted by Gasteiger charge is 2.08. The summed E-state index contributed by atoms with van der Waals surface area (Å²) in [6.45, 7) is 2.00. The SMILES string of the molecule is CC(CC=O)c1cc(Cl)ccc1Br. The highest BCUT2D eigenvalue weighted by Crippen LogP contribution is 2.29. The highest BCUT2D eigenvalue weighted by atomic mass is 79.9. The molecule has 0 aliphatic carbocycles. The third-order valence-corrected chi connectivity index (χ3v) is 2.90. The molecule has 13 heavy (non-hydrogen) atoms. The van der Waals surface area contributed by atoms with Gasteiger partial charge in [-0.2, -0.15) is 0 Å². The van der Waals surface area contributed by atoms with Gasteiger partial charge < -0.3 is 4.79 Å². The van der Waals surface area contributed by atoms with E-state index in [0.717, 1.165) is 16.3 Å². The smallest absolute Gasteiger partial charge is 0.120 e. The summed E-state index contributed by atoms with van der Waals surface area (Å²) < 4.78 is 1.01. The summed E-state index contributed by atoms with van der Waals surface area (Å²) in [5.74, 6) is 0.213. The first-order chi connectivity index (χ1) is 6.15. The minimum atomic E-state index is 0.213. The molecule has 1 atom stereocenters. The van der Waals surface area contributed by atoms with Gasteiger partial charge in [0.2, 0.25) is 0 Å². The van der Waals surface area contributed by atoms with Crippen LogP contribution in [0.25, 0.3) is 0 Å². The van der Waals surface area contributed by atoms with Gasteiger partial charge >= 0.3 is 0 Å². The van der Waals surface area contributed by atoms with Gasteiger partial charge in [0.05, 0.1) is 0 Å². The Kier molecular flexibility index (Phi) is 3.94. The number of benzene rings is 1. The molecule has 0 heterocycles. The van der Waals surface area contributed by atoms with Crippen molar-refractivity contribution in [2.24, 2.45) is 0 Å². The number of carbonyl (C=O) groups excluding carboxylic acids is 1. The lowest BCUT2D eigenvalue weighted by Gasteiger charge is -2.10. The summed E-state index contributed by atoms with van der Waals surface area (Å²) in [4.78, 5) is 10.3. The second kappa shape index (κ2) is 4.77. The zero-order valence-electron chi connectivity index (χ0n) is 7.26. The van der Waals surface area contributed by atoms with Gasteiger partial charge in [0.1, 0.15) is 6.29 Å². The van der Waals surface area contributed by atoms with E-state index >= 15 is 0 Å². The third kappa shape index (κ3) is 2.82. The molecule has 1 rings (SSSR count). The van der Waals surface area contributed by atoms with Crippen LogP contribution in [0.3, 0.4) is 0 Å². The van der Waals surface area contributed by atoms with Crippen molar-refractivity contribution in [1.82, 2.24) is 0 Å². The molecule has 0 fully saturated rings. The number of halogens is 2. The van der Waals surface area contributed by atoms with Gasteiger partial charge in [0.25, 0.3) is 0 Å². The summed E-state index contributed by atoms with van der Waals surface area (Å²) >= 11 is 9.28. The fraction of sp³-hybridized carbons (Fsp3) is 0.300. The van der Waals surface area contributed by atoms with E-state index in [-0.39, 0.29) is 5.92 Å². The standard InChI is InChI=1S/C10H10BrClO/c1-7(4-5-13)9-6-8(12)2-3-10(9)11/h2-3,5-7H,4H2,1H3. The van der Waals surface area contributed by atoms with Gasteiger partial charge in [0, 0.05) is 15.9 Å². The average Bonchev–Trinajstić information content (AvgIpc) is 2.09. The molecule has 0 aliphatic rings. The summed E-state index contributed by atoms with van der Waals surface area (Å²) in [6.07, 6.45) is 1.46. The fourth-order valence-electron chi connectivity index (χ4n) is 1.16. The van der Waals surface area contributed by atoms with Crippen LogP contribution in [-0.4, -0.2) is 6.29 Å². The van der Waals surface area contributed by atoms with Crippen LogP contribution >= 0.6 is 27.5 Å². The van der Waals surface area contributed by atoms with E-state index in [0.29, 0.717) is 11.4 Å². The van der Waals surface area contributed by atoms with Crippen molar-refractivity contribution in [3.63, 3.8) is 0 Å². The molecule has 70 valence electrons. The number of hydrogen-bond acceptors (Lipinski definition) is 1. The Labute approximate surface area is 91.2 Å². The van der Waals surface area contributed by atoms with E-state index in [1.54, 1.807) is 0 Å². The van der Waals surface area contributed by atoms with Gasteiger partial charge in [-0.25, -0.2) is 0 Å². The van der Waals surface area contributed by atoms with Crippen LogP contribution in [0.15, 0.2) is 22.7 Å². The quantitative estimate of drug-likeness (QED) is 0.757. The monoisotopic (exact) mass is 260 g/mol. The summed E-state index contributed by atoms with van der Waals surface area (Å²) in [5.41, 5.74) is 1.08. The van der Waals surface area contributed by atoms with E-state index in [1.807, 2.05) is 25.1 Å². The van der Waals surface area contributed by atoms with E-state index in [4.69, 9.17) is 11.6 Å². The summed E-state index contributed by atoms with van der Waals surface area (Å²) in [5, 5.41) is 0.705. The summed E-state index contributed by atoms with van der Waals surface area (Å²) in [7, 11) is 0. The lowest BCUT2D eigenvalue weighted by atomic mass is 9.99. The zero-order valence-corrected chi connectivity index (χ0v) is 9.60. The maximum Gasteiger partial charge on any atom is 0.120 e. The number of rotatable bonds is 3. The molecule has 0 saturated heterocycles. The lowest BCUT2D eigenvalue weighted by molar-refractivity contribution is -0.108. The molecular formula is C10H10BrClO. The Morgan fingerprint density at radius 2 is 2.31 bits per heavy atom. The molecule has 0 saturated carbocycles. The van der Waals surface area contributed by atoms with Crippen molar-refractivity contribution >= 4 is 33.8 Å². The van der Waals surface area contributed by atoms with Crippen LogP contribution in [-0.2, 0) is 4.79 Å². The van der Waals surface area contributed by atoms with E-state index in [1.165, 1.54) is 0 Å². The Balaban J connectivity index is 2.97. The summed E-state index contributed by atoms with van der Waals surface area (Å²) in [6, 6.07) is 5.61. The second-order valence-electron chi connectivity index (χ2n) is 2.97. The average molecular weight is 262 g/mol. The van der Waals surface area contributed by atoms with Crippen molar-refractivity contribution < 1.29 is 4.79 Å². The Morgan fingerprint density at radius 3 is 2.92 bits per heavy atom. The van der Waals surface area contributed by atoms with E-state index < -0.39 is 0 Å². The first kappa shape index (κ1) is 10.7. The second-order valence-corrected chi connectivity index (χ2v) is 4.26. The molecule has 1 aromatic carbocycles. The van der Waals surface area contributed by atoms with Crippen LogP contribution < -0.4 is 0 Å².